The van der Waals surface area contributed by atoms with Crippen LogP contribution in [0, 0.1) is 11.6 Å². The van der Waals surface area contributed by atoms with E-state index in [1.54, 1.807) is 13.1 Å². The third-order valence-corrected chi connectivity index (χ3v) is 3.21. The summed E-state index contributed by atoms with van der Waals surface area (Å²) in [5.41, 5.74) is 0.558. The number of halogens is 4. The highest BCUT2D eigenvalue weighted by molar-refractivity contribution is 9.10. The standard InChI is InChI=1S/C13H10BrClF2N2O/c1-18-6-10-8(15)2-3-12(19-10)20-11-5-7(14)4-9(16)13(11)17/h2-5,18H,6H2,1H3. The molecule has 0 saturated heterocycles. The van der Waals surface area contributed by atoms with Crippen LogP contribution in [0.3, 0.4) is 0 Å². The Morgan fingerprint density at radius 3 is 2.80 bits per heavy atom. The lowest BCUT2D eigenvalue weighted by molar-refractivity contribution is 0.403. The molecule has 3 nitrogen and oxygen atoms in total. The largest absolute Gasteiger partial charge is 0.436 e. The van der Waals surface area contributed by atoms with E-state index >= 15 is 0 Å². The number of aromatic nitrogens is 1. The Labute approximate surface area is 128 Å². The normalized spacial score (nSPS) is 10.7. The summed E-state index contributed by atoms with van der Waals surface area (Å²) in [5, 5.41) is 3.37. The minimum atomic E-state index is -1.07. The number of nitrogens with one attached hydrogen (secondary N) is 1. The highest BCUT2D eigenvalue weighted by Gasteiger charge is 2.13. The van der Waals surface area contributed by atoms with E-state index in [2.05, 4.69) is 26.2 Å². The Morgan fingerprint density at radius 1 is 1.35 bits per heavy atom. The molecule has 1 aromatic heterocycles. The molecule has 0 saturated carbocycles. The minimum Gasteiger partial charge on any atom is -0.436 e. The highest BCUT2D eigenvalue weighted by atomic mass is 79.9. The molecule has 1 heterocycles. The third-order valence-electron chi connectivity index (χ3n) is 2.41. The summed E-state index contributed by atoms with van der Waals surface area (Å²) in [7, 11) is 1.74. The molecule has 0 aliphatic heterocycles. The summed E-state index contributed by atoms with van der Waals surface area (Å²) in [4.78, 5) is 4.14. The zero-order valence-corrected chi connectivity index (χ0v) is 12.7. The van der Waals surface area contributed by atoms with E-state index in [1.807, 2.05) is 0 Å². The molecule has 1 aromatic carbocycles. The summed E-state index contributed by atoms with van der Waals surface area (Å²) in [6.45, 7) is 0.436. The molecule has 0 radical (unpaired) electrons. The van der Waals surface area contributed by atoms with Crippen molar-refractivity contribution in [3.8, 4) is 11.6 Å². The fourth-order valence-corrected chi connectivity index (χ4v) is 2.11. The lowest BCUT2D eigenvalue weighted by atomic mass is 10.3. The van der Waals surface area contributed by atoms with Gasteiger partial charge in [0.15, 0.2) is 11.6 Å². The Balaban J connectivity index is 2.33. The van der Waals surface area contributed by atoms with Crippen molar-refractivity contribution in [1.82, 2.24) is 10.3 Å². The van der Waals surface area contributed by atoms with Crippen LogP contribution in [0.4, 0.5) is 8.78 Å². The SMILES string of the molecule is CNCc1nc(Oc2cc(Br)cc(F)c2F)ccc1Cl. The second-order valence-corrected chi connectivity index (χ2v) is 5.23. The fraction of sp³-hybridized carbons (Fsp3) is 0.154. The van der Waals surface area contributed by atoms with Gasteiger partial charge in [-0.15, -0.1) is 0 Å². The molecule has 0 bridgehead atoms. The van der Waals surface area contributed by atoms with Gasteiger partial charge in [-0.05, 0) is 25.2 Å². The summed E-state index contributed by atoms with van der Waals surface area (Å²) in [5.74, 6) is -2.18. The number of nitrogens with zero attached hydrogens (tertiary/aromatic N) is 1. The molecule has 1 N–H and O–H groups in total. The van der Waals surface area contributed by atoms with Crippen LogP contribution in [0.5, 0.6) is 11.6 Å². The predicted molar refractivity (Wildman–Crippen MR) is 76.1 cm³/mol. The molecule has 0 aliphatic rings. The second kappa shape index (κ2) is 6.47. The lowest BCUT2D eigenvalue weighted by Gasteiger charge is -2.09. The van der Waals surface area contributed by atoms with Gasteiger partial charge in [0.25, 0.3) is 0 Å². The Kier molecular flexibility index (Phi) is 4.91. The van der Waals surface area contributed by atoms with Gasteiger partial charge in [-0.3, -0.25) is 0 Å². The molecule has 0 spiro atoms. The average Bonchev–Trinajstić information content (AvgIpc) is 2.39. The molecule has 2 rings (SSSR count). The van der Waals surface area contributed by atoms with Gasteiger partial charge in [0.05, 0.1) is 10.7 Å². The van der Waals surface area contributed by atoms with Crippen LogP contribution in [-0.2, 0) is 6.54 Å². The van der Waals surface area contributed by atoms with Crippen molar-refractivity contribution in [1.29, 1.82) is 0 Å². The maximum Gasteiger partial charge on any atom is 0.219 e. The van der Waals surface area contributed by atoms with Gasteiger partial charge in [-0.25, -0.2) is 9.37 Å². The van der Waals surface area contributed by atoms with Crippen LogP contribution in [-0.4, -0.2) is 12.0 Å². The van der Waals surface area contributed by atoms with Gasteiger partial charge in [-0.1, -0.05) is 27.5 Å². The van der Waals surface area contributed by atoms with Crippen LogP contribution in [0.15, 0.2) is 28.7 Å². The Morgan fingerprint density at radius 2 is 2.10 bits per heavy atom. The van der Waals surface area contributed by atoms with Crippen molar-refractivity contribution in [2.45, 2.75) is 6.54 Å². The van der Waals surface area contributed by atoms with Gasteiger partial charge < -0.3 is 10.1 Å². The first-order valence-corrected chi connectivity index (χ1v) is 6.80. The van der Waals surface area contributed by atoms with Gasteiger partial charge >= 0.3 is 0 Å². The van der Waals surface area contributed by atoms with E-state index in [-0.39, 0.29) is 11.6 Å². The Hall–Kier alpha value is -1.24. The molecular weight excluding hydrogens is 354 g/mol. The molecule has 106 valence electrons. The first-order chi connectivity index (χ1) is 9.51. The maximum atomic E-state index is 13.6. The van der Waals surface area contributed by atoms with E-state index < -0.39 is 11.6 Å². The van der Waals surface area contributed by atoms with Crippen LogP contribution >= 0.6 is 27.5 Å². The van der Waals surface area contributed by atoms with Crippen molar-refractivity contribution in [3.05, 3.63) is 51.1 Å². The summed E-state index contributed by atoms with van der Waals surface area (Å²) in [6.07, 6.45) is 0. The molecular formula is C13H10BrClF2N2O. The molecule has 0 aliphatic carbocycles. The predicted octanol–water partition coefficient (Wildman–Crippen LogP) is 4.29. The highest BCUT2D eigenvalue weighted by Crippen LogP contribution is 2.29. The summed E-state index contributed by atoms with van der Waals surface area (Å²) in [6, 6.07) is 5.42. The van der Waals surface area contributed by atoms with Crippen molar-refractivity contribution in [2.24, 2.45) is 0 Å². The summed E-state index contributed by atoms with van der Waals surface area (Å²) < 4.78 is 32.5. The monoisotopic (exact) mass is 362 g/mol. The first-order valence-electron chi connectivity index (χ1n) is 5.63. The molecule has 2 aromatic rings. The van der Waals surface area contributed by atoms with E-state index in [1.165, 1.54) is 12.1 Å². The fourth-order valence-electron chi connectivity index (χ4n) is 1.53. The maximum absolute atomic E-state index is 13.6. The quantitative estimate of drug-likeness (QED) is 0.823. The number of ether oxygens (including phenoxy) is 1. The molecule has 0 amide bonds. The smallest absolute Gasteiger partial charge is 0.219 e. The van der Waals surface area contributed by atoms with Crippen molar-refractivity contribution in [3.63, 3.8) is 0 Å². The van der Waals surface area contributed by atoms with Crippen molar-refractivity contribution < 1.29 is 13.5 Å². The van der Waals surface area contributed by atoms with Gasteiger partial charge in [0.2, 0.25) is 11.7 Å². The third kappa shape index (κ3) is 3.45. The topological polar surface area (TPSA) is 34.2 Å². The number of rotatable bonds is 4. The molecule has 20 heavy (non-hydrogen) atoms. The van der Waals surface area contributed by atoms with Crippen LogP contribution in [0.1, 0.15) is 5.69 Å². The van der Waals surface area contributed by atoms with Crippen LogP contribution in [0.25, 0.3) is 0 Å². The van der Waals surface area contributed by atoms with E-state index in [0.29, 0.717) is 21.7 Å². The Bertz CT molecular complexity index is 640. The van der Waals surface area contributed by atoms with Gasteiger partial charge in [0.1, 0.15) is 0 Å². The van der Waals surface area contributed by atoms with E-state index in [9.17, 15) is 8.78 Å². The van der Waals surface area contributed by atoms with Gasteiger partial charge in [0, 0.05) is 17.1 Å². The number of benzene rings is 1. The number of pyridine rings is 1. The van der Waals surface area contributed by atoms with Crippen LogP contribution in [0.2, 0.25) is 5.02 Å². The average molecular weight is 364 g/mol. The van der Waals surface area contributed by atoms with E-state index in [4.69, 9.17) is 16.3 Å². The molecule has 0 atom stereocenters. The minimum absolute atomic E-state index is 0.135. The number of hydrogen-bond donors (Lipinski definition) is 1. The molecule has 0 fully saturated rings. The van der Waals surface area contributed by atoms with Crippen LogP contribution < -0.4 is 10.1 Å². The molecule has 0 unspecified atom stereocenters. The van der Waals surface area contributed by atoms with E-state index in [0.717, 1.165) is 6.07 Å². The zero-order valence-electron chi connectivity index (χ0n) is 10.4. The van der Waals surface area contributed by atoms with Gasteiger partial charge in [-0.2, -0.15) is 4.39 Å². The molecule has 7 heteroatoms. The van der Waals surface area contributed by atoms with Crippen molar-refractivity contribution in [2.75, 3.05) is 7.05 Å². The number of hydrogen-bond acceptors (Lipinski definition) is 3. The lowest BCUT2D eigenvalue weighted by Crippen LogP contribution is -2.08. The summed E-state index contributed by atoms with van der Waals surface area (Å²) >= 11 is 9.03. The second-order valence-electron chi connectivity index (χ2n) is 3.91. The van der Waals surface area contributed by atoms with Crippen molar-refractivity contribution >= 4 is 27.5 Å². The zero-order chi connectivity index (χ0) is 14.7. The first kappa shape index (κ1) is 15.2.